The molecule has 0 aliphatic heterocycles. The van der Waals surface area contributed by atoms with Crippen molar-refractivity contribution >= 4 is 31.9 Å². The first-order valence-corrected chi connectivity index (χ1v) is 5.45. The fourth-order valence-corrected chi connectivity index (χ4v) is 2.24. The van der Waals surface area contributed by atoms with E-state index < -0.39 is 0 Å². The van der Waals surface area contributed by atoms with E-state index in [0.29, 0.717) is 8.95 Å². The number of rotatable bonds is 2. The molecular weight excluding hydrogens is 312 g/mol. The van der Waals surface area contributed by atoms with Crippen molar-refractivity contribution in [2.75, 3.05) is 0 Å². The van der Waals surface area contributed by atoms with Crippen LogP contribution in [0.4, 0.5) is 0 Å². The van der Waals surface area contributed by atoms with Crippen molar-refractivity contribution in [3.05, 3.63) is 26.6 Å². The third-order valence-corrected chi connectivity index (χ3v) is 2.99. The van der Waals surface area contributed by atoms with Gasteiger partial charge in [0.05, 0.1) is 21.4 Å². The van der Waals surface area contributed by atoms with Gasteiger partial charge in [-0.25, -0.2) is 0 Å². The average Bonchev–Trinajstić information content (AvgIpc) is 2.13. The van der Waals surface area contributed by atoms with Crippen molar-refractivity contribution < 1.29 is 5.11 Å². The Labute approximate surface area is 98.8 Å². The van der Waals surface area contributed by atoms with Gasteiger partial charge in [-0.3, -0.25) is 0 Å². The second-order valence-corrected chi connectivity index (χ2v) is 4.51. The fraction of sp³-hybridized carbons (Fsp3) is 0.222. The maximum atomic E-state index is 9.44. The number of phenolic OH excluding ortho intramolecular Hbond substituents is 1. The Kier molecular flexibility index (Phi) is 3.93. The molecule has 1 aromatic carbocycles. The maximum absolute atomic E-state index is 9.44. The van der Waals surface area contributed by atoms with Crippen molar-refractivity contribution in [2.45, 2.75) is 12.5 Å². The molecule has 0 spiro atoms. The maximum Gasteiger partial charge on any atom is 0.143 e. The first-order valence-electron chi connectivity index (χ1n) is 3.86. The van der Waals surface area contributed by atoms with E-state index in [1.54, 1.807) is 12.1 Å². The van der Waals surface area contributed by atoms with Crippen LogP contribution in [-0.2, 0) is 0 Å². The Morgan fingerprint density at radius 1 is 1.43 bits per heavy atom. The molecule has 0 aliphatic carbocycles. The Morgan fingerprint density at radius 2 is 1.93 bits per heavy atom. The predicted molar refractivity (Wildman–Crippen MR) is 60.7 cm³/mol. The first-order chi connectivity index (χ1) is 6.56. The van der Waals surface area contributed by atoms with Crippen LogP contribution >= 0.6 is 31.9 Å². The Hall–Kier alpha value is -0.570. The number of nitriles is 1. The molecule has 1 rings (SSSR count). The van der Waals surface area contributed by atoms with Crippen molar-refractivity contribution in [2.24, 2.45) is 5.73 Å². The summed E-state index contributed by atoms with van der Waals surface area (Å²) in [7, 11) is 0. The van der Waals surface area contributed by atoms with E-state index in [4.69, 9.17) is 11.0 Å². The molecule has 0 fully saturated rings. The van der Waals surface area contributed by atoms with Crippen LogP contribution in [0.15, 0.2) is 21.1 Å². The summed E-state index contributed by atoms with van der Waals surface area (Å²) < 4.78 is 1.13. The molecule has 14 heavy (non-hydrogen) atoms. The number of halogens is 2. The SMILES string of the molecule is N#CC[C@H](N)c1cc(Br)c(O)c(Br)c1. The number of aromatic hydroxyl groups is 1. The zero-order valence-corrected chi connectivity index (χ0v) is 10.3. The summed E-state index contributed by atoms with van der Waals surface area (Å²) in [5.41, 5.74) is 6.56. The minimum absolute atomic E-state index is 0.137. The van der Waals surface area contributed by atoms with Gasteiger partial charge in [0.2, 0.25) is 0 Å². The molecule has 0 unspecified atom stereocenters. The van der Waals surface area contributed by atoms with Gasteiger partial charge in [-0.2, -0.15) is 5.26 Å². The summed E-state index contributed by atoms with van der Waals surface area (Å²) in [4.78, 5) is 0. The van der Waals surface area contributed by atoms with Crippen LogP contribution in [0.2, 0.25) is 0 Å². The average molecular weight is 320 g/mol. The zero-order chi connectivity index (χ0) is 10.7. The van der Waals surface area contributed by atoms with E-state index >= 15 is 0 Å². The molecule has 5 heteroatoms. The lowest BCUT2D eigenvalue weighted by Crippen LogP contribution is -2.09. The van der Waals surface area contributed by atoms with Crippen molar-refractivity contribution in [1.29, 1.82) is 5.26 Å². The van der Waals surface area contributed by atoms with Gasteiger partial charge >= 0.3 is 0 Å². The number of phenols is 1. The molecule has 0 heterocycles. The highest BCUT2D eigenvalue weighted by molar-refractivity contribution is 9.11. The van der Waals surface area contributed by atoms with E-state index in [-0.39, 0.29) is 18.2 Å². The highest BCUT2D eigenvalue weighted by Gasteiger charge is 2.10. The molecule has 1 aromatic rings. The second kappa shape index (κ2) is 4.78. The van der Waals surface area contributed by atoms with E-state index in [1.165, 1.54) is 0 Å². The number of nitrogens with two attached hydrogens (primary N) is 1. The predicted octanol–water partition coefficient (Wildman–Crippen LogP) is 2.83. The van der Waals surface area contributed by atoms with Crippen molar-refractivity contribution in [1.82, 2.24) is 0 Å². The normalized spacial score (nSPS) is 12.1. The van der Waals surface area contributed by atoms with Crippen molar-refractivity contribution in [3.63, 3.8) is 0 Å². The molecule has 0 bridgehead atoms. The summed E-state index contributed by atoms with van der Waals surface area (Å²) in [5.74, 6) is 0.137. The second-order valence-electron chi connectivity index (χ2n) is 2.80. The van der Waals surface area contributed by atoms with Crippen LogP contribution in [0, 0.1) is 11.3 Å². The molecule has 1 atom stereocenters. The van der Waals surface area contributed by atoms with E-state index in [2.05, 4.69) is 31.9 Å². The smallest absolute Gasteiger partial charge is 0.143 e. The Balaban J connectivity index is 3.07. The topological polar surface area (TPSA) is 70.0 Å². The largest absolute Gasteiger partial charge is 0.506 e. The standard InChI is InChI=1S/C9H8Br2N2O/c10-6-3-5(8(13)1-2-12)4-7(11)9(6)14/h3-4,8,14H,1,13H2/t8-/m0/s1. The van der Waals surface area contributed by atoms with Gasteiger partial charge < -0.3 is 10.8 Å². The van der Waals surface area contributed by atoms with E-state index in [9.17, 15) is 5.11 Å². The molecule has 0 aromatic heterocycles. The Bertz CT molecular complexity index is 364. The van der Waals surface area contributed by atoms with Crippen LogP contribution in [0.25, 0.3) is 0 Å². The molecule has 3 nitrogen and oxygen atoms in total. The fourth-order valence-electron chi connectivity index (χ4n) is 1.02. The van der Waals surface area contributed by atoms with Gasteiger partial charge in [0.15, 0.2) is 0 Å². The molecule has 0 aliphatic rings. The molecule has 0 saturated heterocycles. The molecule has 74 valence electrons. The zero-order valence-electron chi connectivity index (χ0n) is 7.17. The number of nitrogens with zero attached hydrogens (tertiary/aromatic N) is 1. The van der Waals surface area contributed by atoms with Crippen molar-refractivity contribution in [3.8, 4) is 11.8 Å². The van der Waals surface area contributed by atoms with Gasteiger partial charge in [-0.05, 0) is 49.6 Å². The van der Waals surface area contributed by atoms with E-state index in [1.807, 2.05) is 6.07 Å². The summed E-state index contributed by atoms with van der Waals surface area (Å²) in [5, 5.41) is 17.9. The minimum Gasteiger partial charge on any atom is -0.506 e. The number of hydrogen-bond donors (Lipinski definition) is 2. The van der Waals surface area contributed by atoms with Crippen LogP contribution in [-0.4, -0.2) is 5.11 Å². The first kappa shape index (κ1) is 11.5. The lowest BCUT2D eigenvalue weighted by atomic mass is 10.1. The number of hydrogen-bond acceptors (Lipinski definition) is 3. The third kappa shape index (κ3) is 2.47. The molecule has 0 amide bonds. The highest BCUT2D eigenvalue weighted by Crippen LogP contribution is 2.35. The lowest BCUT2D eigenvalue weighted by Gasteiger charge is -2.10. The molecular formula is C9H8Br2N2O. The molecule has 0 radical (unpaired) electrons. The molecule has 0 saturated carbocycles. The summed E-state index contributed by atoms with van der Waals surface area (Å²) >= 11 is 6.40. The Morgan fingerprint density at radius 3 is 2.36 bits per heavy atom. The van der Waals surface area contributed by atoms with Gasteiger partial charge in [0, 0.05) is 6.04 Å². The summed E-state index contributed by atoms with van der Waals surface area (Å²) in [6, 6.07) is 5.10. The summed E-state index contributed by atoms with van der Waals surface area (Å²) in [6.07, 6.45) is 0.254. The van der Waals surface area contributed by atoms with Gasteiger partial charge in [-0.1, -0.05) is 0 Å². The van der Waals surface area contributed by atoms with E-state index in [0.717, 1.165) is 5.56 Å². The van der Waals surface area contributed by atoms with Gasteiger partial charge in [0.25, 0.3) is 0 Å². The third-order valence-electron chi connectivity index (χ3n) is 1.78. The highest BCUT2D eigenvalue weighted by atomic mass is 79.9. The van der Waals surface area contributed by atoms with Gasteiger partial charge in [-0.15, -0.1) is 0 Å². The summed E-state index contributed by atoms with van der Waals surface area (Å²) in [6.45, 7) is 0. The quantitative estimate of drug-likeness (QED) is 0.880. The van der Waals surface area contributed by atoms with Crippen LogP contribution in [0.1, 0.15) is 18.0 Å². The monoisotopic (exact) mass is 318 g/mol. The molecule has 3 N–H and O–H groups in total. The van der Waals surface area contributed by atoms with Crippen LogP contribution in [0.3, 0.4) is 0 Å². The van der Waals surface area contributed by atoms with Crippen LogP contribution < -0.4 is 5.73 Å². The lowest BCUT2D eigenvalue weighted by molar-refractivity contribution is 0.468. The number of benzene rings is 1. The van der Waals surface area contributed by atoms with Gasteiger partial charge in [0.1, 0.15) is 5.75 Å². The minimum atomic E-state index is -0.326. The van der Waals surface area contributed by atoms with Crippen LogP contribution in [0.5, 0.6) is 5.75 Å².